The SMILES string of the molecule is CC(N)C(=O)OC1CCN(C(=O)OC(C)(C)C)CC1. The van der Waals surface area contributed by atoms with Crippen LogP contribution in [0.1, 0.15) is 40.5 Å². The fourth-order valence-corrected chi connectivity index (χ4v) is 1.75. The molecule has 0 saturated carbocycles. The van der Waals surface area contributed by atoms with Crippen molar-refractivity contribution in [1.29, 1.82) is 0 Å². The Morgan fingerprint density at radius 3 is 2.21 bits per heavy atom. The minimum atomic E-state index is -0.608. The third-order valence-corrected chi connectivity index (χ3v) is 2.75. The Morgan fingerprint density at radius 1 is 1.26 bits per heavy atom. The fraction of sp³-hybridized carbons (Fsp3) is 0.846. The monoisotopic (exact) mass is 272 g/mol. The van der Waals surface area contributed by atoms with Gasteiger partial charge in [0.25, 0.3) is 0 Å². The van der Waals surface area contributed by atoms with Gasteiger partial charge in [-0.25, -0.2) is 4.79 Å². The molecular formula is C13H24N2O4. The number of hydrogen-bond acceptors (Lipinski definition) is 5. The number of hydrogen-bond donors (Lipinski definition) is 1. The number of piperidine rings is 1. The van der Waals surface area contributed by atoms with Gasteiger partial charge >= 0.3 is 12.1 Å². The van der Waals surface area contributed by atoms with Crippen molar-refractivity contribution in [1.82, 2.24) is 4.90 Å². The lowest BCUT2D eigenvalue weighted by Crippen LogP contribution is -2.44. The third kappa shape index (κ3) is 5.46. The number of esters is 1. The molecule has 0 aromatic carbocycles. The van der Waals surface area contributed by atoms with E-state index in [2.05, 4.69) is 0 Å². The van der Waals surface area contributed by atoms with E-state index in [0.29, 0.717) is 25.9 Å². The second-order valence-electron chi connectivity index (χ2n) is 5.89. The molecule has 0 spiro atoms. The van der Waals surface area contributed by atoms with Gasteiger partial charge in [-0.1, -0.05) is 0 Å². The molecule has 6 heteroatoms. The van der Waals surface area contributed by atoms with E-state index in [0.717, 1.165) is 0 Å². The molecule has 0 aromatic rings. The summed E-state index contributed by atoms with van der Waals surface area (Å²) in [5, 5.41) is 0. The highest BCUT2D eigenvalue weighted by molar-refractivity contribution is 5.75. The summed E-state index contributed by atoms with van der Waals surface area (Å²) in [6.07, 6.45) is 0.775. The van der Waals surface area contributed by atoms with Crippen LogP contribution < -0.4 is 5.73 Å². The van der Waals surface area contributed by atoms with Crippen LogP contribution in [-0.2, 0) is 14.3 Å². The molecule has 1 amide bonds. The number of carbonyl (C=O) groups excluding carboxylic acids is 2. The van der Waals surface area contributed by atoms with Crippen LogP contribution in [0.25, 0.3) is 0 Å². The second-order valence-corrected chi connectivity index (χ2v) is 5.89. The Hall–Kier alpha value is -1.30. The largest absolute Gasteiger partial charge is 0.461 e. The van der Waals surface area contributed by atoms with Crippen LogP contribution in [0.5, 0.6) is 0 Å². The zero-order valence-corrected chi connectivity index (χ0v) is 12.1. The van der Waals surface area contributed by atoms with Gasteiger partial charge < -0.3 is 20.1 Å². The fourth-order valence-electron chi connectivity index (χ4n) is 1.75. The van der Waals surface area contributed by atoms with Gasteiger partial charge in [0.2, 0.25) is 0 Å². The minimum Gasteiger partial charge on any atom is -0.461 e. The van der Waals surface area contributed by atoms with Crippen LogP contribution in [0.15, 0.2) is 0 Å². The van der Waals surface area contributed by atoms with Crippen LogP contribution >= 0.6 is 0 Å². The first-order valence-electron chi connectivity index (χ1n) is 6.63. The van der Waals surface area contributed by atoms with Gasteiger partial charge in [0, 0.05) is 25.9 Å². The molecular weight excluding hydrogens is 248 g/mol. The summed E-state index contributed by atoms with van der Waals surface area (Å²) < 4.78 is 10.5. The molecule has 0 bridgehead atoms. The van der Waals surface area contributed by atoms with Crippen molar-refractivity contribution in [3.05, 3.63) is 0 Å². The molecule has 1 saturated heterocycles. The normalized spacial score (nSPS) is 18.9. The molecule has 2 N–H and O–H groups in total. The predicted molar refractivity (Wildman–Crippen MR) is 70.6 cm³/mol. The number of ether oxygens (including phenoxy) is 2. The van der Waals surface area contributed by atoms with Crippen molar-refractivity contribution in [2.75, 3.05) is 13.1 Å². The van der Waals surface area contributed by atoms with Gasteiger partial charge in [-0.15, -0.1) is 0 Å². The number of nitrogens with two attached hydrogens (primary N) is 1. The topological polar surface area (TPSA) is 81.9 Å². The molecule has 1 fully saturated rings. The minimum absolute atomic E-state index is 0.155. The summed E-state index contributed by atoms with van der Waals surface area (Å²) in [6.45, 7) is 8.17. The van der Waals surface area contributed by atoms with Gasteiger partial charge in [0.05, 0.1) is 0 Å². The predicted octanol–water partition coefficient (Wildman–Crippen LogP) is 1.28. The molecule has 1 rings (SSSR count). The van der Waals surface area contributed by atoms with Crippen molar-refractivity contribution in [3.8, 4) is 0 Å². The van der Waals surface area contributed by atoms with Crippen molar-refractivity contribution >= 4 is 12.1 Å². The first-order chi connectivity index (χ1) is 8.69. The summed E-state index contributed by atoms with van der Waals surface area (Å²) >= 11 is 0. The first kappa shape index (κ1) is 15.8. The summed E-state index contributed by atoms with van der Waals surface area (Å²) in [5.74, 6) is -0.393. The average Bonchev–Trinajstić information content (AvgIpc) is 2.27. The van der Waals surface area contributed by atoms with E-state index in [1.54, 1.807) is 11.8 Å². The van der Waals surface area contributed by atoms with Crippen molar-refractivity contribution in [2.45, 2.75) is 58.3 Å². The summed E-state index contributed by atoms with van der Waals surface area (Å²) in [7, 11) is 0. The Balaban J connectivity index is 2.37. The van der Waals surface area contributed by atoms with Gasteiger partial charge in [0.1, 0.15) is 17.7 Å². The molecule has 1 aliphatic heterocycles. The van der Waals surface area contributed by atoms with E-state index in [4.69, 9.17) is 15.2 Å². The van der Waals surface area contributed by atoms with Crippen LogP contribution in [0.3, 0.4) is 0 Å². The number of amides is 1. The molecule has 0 radical (unpaired) electrons. The maximum atomic E-state index is 11.8. The van der Waals surface area contributed by atoms with Gasteiger partial charge in [-0.2, -0.15) is 0 Å². The van der Waals surface area contributed by atoms with Crippen LogP contribution in [0, 0.1) is 0 Å². The molecule has 1 heterocycles. The van der Waals surface area contributed by atoms with Crippen LogP contribution in [0.2, 0.25) is 0 Å². The Labute approximate surface area is 114 Å². The summed E-state index contributed by atoms with van der Waals surface area (Å²) in [6, 6.07) is -0.608. The lowest BCUT2D eigenvalue weighted by molar-refractivity contribution is -0.152. The maximum absolute atomic E-state index is 11.8. The number of likely N-dealkylation sites (tertiary alicyclic amines) is 1. The van der Waals surface area contributed by atoms with E-state index in [9.17, 15) is 9.59 Å². The van der Waals surface area contributed by atoms with Crippen LogP contribution in [0.4, 0.5) is 4.79 Å². The number of nitrogens with zero attached hydrogens (tertiary/aromatic N) is 1. The molecule has 1 aliphatic rings. The summed E-state index contributed by atoms with van der Waals surface area (Å²) in [5.41, 5.74) is 4.95. The van der Waals surface area contributed by atoms with E-state index < -0.39 is 17.6 Å². The first-order valence-corrected chi connectivity index (χ1v) is 6.63. The van der Waals surface area contributed by atoms with E-state index in [-0.39, 0.29) is 12.2 Å². The third-order valence-electron chi connectivity index (χ3n) is 2.75. The molecule has 110 valence electrons. The Bertz CT molecular complexity index is 328. The van der Waals surface area contributed by atoms with Crippen molar-refractivity contribution in [2.24, 2.45) is 5.73 Å². The number of carbonyl (C=O) groups is 2. The molecule has 6 nitrogen and oxygen atoms in total. The van der Waals surface area contributed by atoms with Crippen molar-refractivity contribution < 1.29 is 19.1 Å². The highest BCUT2D eigenvalue weighted by atomic mass is 16.6. The molecule has 1 unspecified atom stereocenters. The molecule has 1 atom stereocenters. The smallest absolute Gasteiger partial charge is 0.410 e. The van der Waals surface area contributed by atoms with Crippen LogP contribution in [-0.4, -0.2) is 47.8 Å². The maximum Gasteiger partial charge on any atom is 0.410 e. The number of rotatable bonds is 2. The molecule has 0 aromatic heterocycles. The molecule has 0 aliphatic carbocycles. The van der Waals surface area contributed by atoms with Gasteiger partial charge in [-0.05, 0) is 27.7 Å². The van der Waals surface area contributed by atoms with E-state index >= 15 is 0 Å². The van der Waals surface area contributed by atoms with E-state index in [1.165, 1.54) is 0 Å². The average molecular weight is 272 g/mol. The Morgan fingerprint density at radius 2 is 1.79 bits per heavy atom. The summed E-state index contributed by atoms with van der Waals surface area (Å²) in [4.78, 5) is 24.8. The van der Waals surface area contributed by atoms with Crippen molar-refractivity contribution in [3.63, 3.8) is 0 Å². The van der Waals surface area contributed by atoms with Gasteiger partial charge in [0.15, 0.2) is 0 Å². The zero-order chi connectivity index (χ0) is 14.6. The second kappa shape index (κ2) is 6.23. The lowest BCUT2D eigenvalue weighted by Gasteiger charge is -2.33. The Kier molecular flexibility index (Phi) is 5.17. The standard InChI is InChI=1S/C13H24N2O4/c1-9(14)11(16)18-10-5-7-15(8-6-10)12(17)19-13(2,3)4/h9-10H,5-8,14H2,1-4H3. The highest BCUT2D eigenvalue weighted by Gasteiger charge is 2.28. The highest BCUT2D eigenvalue weighted by Crippen LogP contribution is 2.17. The molecule has 19 heavy (non-hydrogen) atoms. The zero-order valence-electron chi connectivity index (χ0n) is 12.1. The van der Waals surface area contributed by atoms with E-state index in [1.807, 2.05) is 20.8 Å². The van der Waals surface area contributed by atoms with Gasteiger partial charge in [-0.3, -0.25) is 4.79 Å². The lowest BCUT2D eigenvalue weighted by atomic mass is 10.1. The quantitative estimate of drug-likeness (QED) is 0.766.